The topological polar surface area (TPSA) is 37.3 Å². The Morgan fingerprint density at radius 2 is 1.88 bits per heavy atom. The summed E-state index contributed by atoms with van der Waals surface area (Å²) in [6, 6.07) is 0. The average Bonchev–Trinajstić information content (AvgIpc) is 2.26. The Labute approximate surface area is 95.0 Å². The number of halogens is 2. The molecule has 94 valence electrons. The number of rotatable bonds is 5. The van der Waals surface area contributed by atoms with Crippen molar-refractivity contribution in [1.82, 2.24) is 0 Å². The summed E-state index contributed by atoms with van der Waals surface area (Å²) in [5.41, 5.74) is -2.09. The van der Waals surface area contributed by atoms with E-state index in [0.717, 1.165) is 6.42 Å². The van der Waals surface area contributed by atoms with Gasteiger partial charge in [-0.15, -0.1) is 0 Å². The van der Waals surface area contributed by atoms with E-state index in [-0.39, 0.29) is 19.3 Å². The number of hydrogen-bond acceptors (Lipinski definition) is 2. The van der Waals surface area contributed by atoms with Crippen LogP contribution < -0.4 is 0 Å². The Kier molecular flexibility index (Phi) is 4.42. The standard InChI is InChI=1S/C12H20F2O2/c1-2-3-7-10(15)12(13,14)11(16)8-5-4-6-9-11/h16H,2-9H2,1H3. The number of alkyl halides is 2. The second-order valence-electron chi connectivity index (χ2n) is 4.69. The maximum atomic E-state index is 13.8. The van der Waals surface area contributed by atoms with Crippen molar-refractivity contribution in [2.24, 2.45) is 0 Å². The molecule has 0 spiro atoms. The lowest BCUT2D eigenvalue weighted by Crippen LogP contribution is -2.54. The molecule has 1 aliphatic rings. The van der Waals surface area contributed by atoms with Gasteiger partial charge in [-0.05, 0) is 19.3 Å². The van der Waals surface area contributed by atoms with Crippen molar-refractivity contribution >= 4 is 5.78 Å². The molecule has 0 aromatic heterocycles. The molecule has 0 aromatic rings. The third kappa shape index (κ3) is 2.59. The lowest BCUT2D eigenvalue weighted by atomic mass is 9.78. The van der Waals surface area contributed by atoms with Gasteiger partial charge >= 0.3 is 5.92 Å². The Hall–Kier alpha value is -0.510. The van der Waals surface area contributed by atoms with E-state index in [0.29, 0.717) is 25.7 Å². The van der Waals surface area contributed by atoms with E-state index in [1.54, 1.807) is 0 Å². The first-order valence-electron chi connectivity index (χ1n) is 6.07. The van der Waals surface area contributed by atoms with Crippen LogP contribution in [0, 0.1) is 0 Å². The number of ketones is 1. The number of unbranched alkanes of at least 4 members (excludes halogenated alkanes) is 1. The van der Waals surface area contributed by atoms with Crippen molar-refractivity contribution in [3.8, 4) is 0 Å². The van der Waals surface area contributed by atoms with E-state index in [1.165, 1.54) is 0 Å². The first-order chi connectivity index (χ1) is 7.44. The number of Topliss-reactive ketones (excluding diaryl/α,β-unsaturated/α-hetero) is 1. The molecular weight excluding hydrogens is 214 g/mol. The summed E-state index contributed by atoms with van der Waals surface area (Å²) in [7, 11) is 0. The molecule has 0 atom stereocenters. The second-order valence-corrected chi connectivity index (χ2v) is 4.69. The zero-order valence-corrected chi connectivity index (χ0v) is 9.77. The van der Waals surface area contributed by atoms with Gasteiger partial charge in [-0.1, -0.05) is 32.6 Å². The van der Waals surface area contributed by atoms with Gasteiger partial charge in [-0.25, -0.2) is 0 Å². The molecule has 1 N–H and O–H groups in total. The fourth-order valence-corrected chi connectivity index (χ4v) is 2.20. The molecule has 1 saturated carbocycles. The highest BCUT2D eigenvalue weighted by Gasteiger charge is 2.56. The van der Waals surface area contributed by atoms with E-state index < -0.39 is 17.3 Å². The van der Waals surface area contributed by atoms with Crippen molar-refractivity contribution < 1.29 is 18.7 Å². The van der Waals surface area contributed by atoms with Crippen LogP contribution in [0.3, 0.4) is 0 Å². The van der Waals surface area contributed by atoms with Crippen LogP contribution in [-0.2, 0) is 4.79 Å². The van der Waals surface area contributed by atoms with Gasteiger partial charge in [-0.3, -0.25) is 4.79 Å². The van der Waals surface area contributed by atoms with E-state index in [9.17, 15) is 18.7 Å². The van der Waals surface area contributed by atoms with Crippen LogP contribution >= 0.6 is 0 Å². The fraction of sp³-hybridized carbons (Fsp3) is 0.917. The first-order valence-corrected chi connectivity index (χ1v) is 6.07. The third-order valence-electron chi connectivity index (χ3n) is 3.37. The number of aliphatic hydroxyl groups is 1. The Bertz CT molecular complexity index is 245. The molecule has 1 fully saturated rings. The van der Waals surface area contributed by atoms with Crippen molar-refractivity contribution in [3.63, 3.8) is 0 Å². The van der Waals surface area contributed by atoms with Crippen LogP contribution in [0.5, 0.6) is 0 Å². The predicted molar refractivity (Wildman–Crippen MR) is 57.5 cm³/mol. The maximum Gasteiger partial charge on any atom is 0.333 e. The summed E-state index contributed by atoms with van der Waals surface area (Å²) in [6.45, 7) is 1.85. The van der Waals surface area contributed by atoms with Gasteiger partial charge in [-0.2, -0.15) is 8.78 Å². The average molecular weight is 234 g/mol. The Balaban J connectivity index is 2.69. The summed E-state index contributed by atoms with van der Waals surface area (Å²) in [5.74, 6) is -4.67. The molecule has 1 rings (SSSR count). The molecular formula is C12H20F2O2. The first kappa shape index (κ1) is 13.6. The molecule has 0 unspecified atom stereocenters. The van der Waals surface area contributed by atoms with Crippen LogP contribution in [0.4, 0.5) is 8.78 Å². The summed E-state index contributed by atoms with van der Waals surface area (Å²) in [4.78, 5) is 11.4. The maximum absolute atomic E-state index is 13.8. The van der Waals surface area contributed by atoms with Gasteiger partial charge in [0.2, 0.25) is 5.78 Å². The minimum atomic E-state index is -3.57. The minimum absolute atomic E-state index is 0.0395. The zero-order chi connectivity index (χ0) is 12.2. The molecule has 2 nitrogen and oxygen atoms in total. The largest absolute Gasteiger partial charge is 0.383 e. The van der Waals surface area contributed by atoms with Crippen LogP contribution in [0.25, 0.3) is 0 Å². The zero-order valence-electron chi connectivity index (χ0n) is 9.77. The van der Waals surface area contributed by atoms with E-state index >= 15 is 0 Å². The van der Waals surface area contributed by atoms with Crippen LogP contribution in [-0.4, -0.2) is 22.4 Å². The van der Waals surface area contributed by atoms with Crippen LogP contribution in [0.15, 0.2) is 0 Å². The van der Waals surface area contributed by atoms with Gasteiger partial charge in [0, 0.05) is 6.42 Å². The van der Waals surface area contributed by atoms with Gasteiger partial charge in [0.1, 0.15) is 5.60 Å². The predicted octanol–water partition coefficient (Wildman–Crippen LogP) is 3.08. The SMILES string of the molecule is CCCCC(=O)C(F)(F)C1(O)CCCCC1. The summed E-state index contributed by atoms with van der Waals surface area (Å²) < 4.78 is 27.6. The van der Waals surface area contributed by atoms with Gasteiger partial charge in [0.25, 0.3) is 0 Å². The number of carbonyl (C=O) groups is 1. The molecule has 0 bridgehead atoms. The minimum Gasteiger partial charge on any atom is -0.383 e. The van der Waals surface area contributed by atoms with Crippen LogP contribution in [0.2, 0.25) is 0 Å². The molecule has 0 radical (unpaired) electrons. The van der Waals surface area contributed by atoms with Crippen molar-refractivity contribution in [3.05, 3.63) is 0 Å². The van der Waals surface area contributed by atoms with Gasteiger partial charge in [0.05, 0.1) is 0 Å². The number of carbonyl (C=O) groups excluding carboxylic acids is 1. The fourth-order valence-electron chi connectivity index (χ4n) is 2.20. The summed E-state index contributed by atoms with van der Waals surface area (Å²) in [6.07, 6.45) is 3.13. The lowest BCUT2D eigenvalue weighted by molar-refractivity contribution is -0.199. The van der Waals surface area contributed by atoms with Crippen molar-refractivity contribution in [1.29, 1.82) is 0 Å². The summed E-state index contributed by atoms with van der Waals surface area (Å²) >= 11 is 0. The smallest absolute Gasteiger partial charge is 0.333 e. The third-order valence-corrected chi connectivity index (χ3v) is 3.37. The molecule has 0 aromatic carbocycles. The lowest BCUT2D eigenvalue weighted by Gasteiger charge is -2.37. The Morgan fingerprint density at radius 3 is 2.38 bits per heavy atom. The normalized spacial score (nSPS) is 20.8. The van der Waals surface area contributed by atoms with Crippen LogP contribution in [0.1, 0.15) is 58.3 Å². The summed E-state index contributed by atoms with van der Waals surface area (Å²) in [5, 5.41) is 9.90. The molecule has 1 aliphatic carbocycles. The molecule has 0 heterocycles. The van der Waals surface area contributed by atoms with Crippen molar-refractivity contribution in [2.45, 2.75) is 69.8 Å². The van der Waals surface area contributed by atoms with E-state index in [1.807, 2.05) is 6.92 Å². The molecule has 4 heteroatoms. The van der Waals surface area contributed by atoms with Gasteiger partial charge < -0.3 is 5.11 Å². The van der Waals surface area contributed by atoms with E-state index in [2.05, 4.69) is 0 Å². The molecule has 16 heavy (non-hydrogen) atoms. The number of hydrogen-bond donors (Lipinski definition) is 1. The second kappa shape index (κ2) is 5.21. The molecule has 0 amide bonds. The highest BCUT2D eigenvalue weighted by Crippen LogP contribution is 2.41. The molecule has 0 saturated heterocycles. The Morgan fingerprint density at radius 1 is 1.31 bits per heavy atom. The molecule has 0 aliphatic heterocycles. The van der Waals surface area contributed by atoms with Gasteiger partial charge in [0.15, 0.2) is 0 Å². The monoisotopic (exact) mass is 234 g/mol. The highest BCUT2D eigenvalue weighted by molar-refractivity contribution is 5.87. The van der Waals surface area contributed by atoms with E-state index in [4.69, 9.17) is 0 Å². The highest BCUT2D eigenvalue weighted by atomic mass is 19.3. The van der Waals surface area contributed by atoms with Crippen molar-refractivity contribution in [2.75, 3.05) is 0 Å². The quantitative estimate of drug-likeness (QED) is 0.793.